The van der Waals surface area contributed by atoms with Crippen LogP contribution in [-0.2, 0) is 9.84 Å². The molecule has 0 saturated heterocycles. The summed E-state index contributed by atoms with van der Waals surface area (Å²) in [5.74, 6) is -0.330. The molecule has 0 atom stereocenters. The Morgan fingerprint density at radius 2 is 2.06 bits per heavy atom. The molecule has 0 bridgehead atoms. The van der Waals surface area contributed by atoms with Crippen molar-refractivity contribution >= 4 is 15.5 Å². The molecule has 2 N–H and O–H groups in total. The van der Waals surface area contributed by atoms with Crippen LogP contribution in [0, 0.1) is 28.4 Å². The van der Waals surface area contributed by atoms with E-state index < -0.39 is 14.8 Å². The van der Waals surface area contributed by atoms with Gasteiger partial charge in [0.25, 0.3) is 5.69 Å². The third-order valence-electron chi connectivity index (χ3n) is 2.22. The number of nitrogens with zero attached hydrogens (tertiary/aromatic N) is 2. The lowest BCUT2D eigenvalue weighted by Crippen LogP contribution is -2.07. The van der Waals surface area contributed by atoms with Crippen LogP contribution in [0.25, 0.3) is 0 Å². The standard InChI is InChI=1S/C10H10N2O4S.H2O/c1-8-3-4-9(7-10(8)12(13)14)17(15,16)6-2-5-11;/h3-4,7H,2,6H2,1H3;1H2. The van der Waals surface area contributed by atoms with E-state index >= 15 is 0 Å². The Hall–Kier alpha value is -1.98. The molecule has 98 valence electrons. The second-order valence-electron chi connectivity index (χ2n) is 3.43. The number of nitro groups is 1. The summed E-state index contributed by atoms with van der Waals surface area (Å²) in [6, 6.07) is 5.46. The number of nitro benzene ring substituents is 1. The summed E-state index contributed by atoms with van der Waals surface area (Å²) in [7, 11) is -3.62. The van der Waals surface area contributed by atoms with Crippen LogP contribution in [0.1, 0.15) is 12.0 Å². The van der Waals surface area contributed by atoms with Crippen LogP contribution in [0.3, 0.4) is 0 Å². The van der Waals surface area contributed by atoms with Crippen molar-refractivity contribution in [2.45, 2.75) is 18.2 Å². The summed E-state index contributed by atoms with van der Waals surface area (Å²) in [5, 5.41) is 19.0. The minimum Gasteiger partial charge on any atom is -0.412 e. The Morgan fingerprint density at radius 1 is 1.44 bits per heavy atom. The van der Waals surface area contributed by atoms with E-state index in [9.17, 15) is 18.5 Å². The summed E-state index contributed by atoms with van der Waals surface area (Å²) in [6.07, 6.45) is -0.135. The molecule has 0 aliphatic carbocycles. The summed E-state index contributed by atoms with van der Waals surface area (Å²) < 4.78 is 23.4. The molecule has 0 spiro atoms. The van der Waals surface area contributed by atoms with Gasteiger partial charge in [0.1, 0.15) is 0 Å². The van der Waals surface area contributed by atoms with E-state index in [2.05, 4.69) is 0 Å². The van der Waals surface area contributed by atoms with Gasteiger partial charge in [-0.1, -0.05) is 6.07 Å². The molecule has 0 saturated carbocycles. The SMILES string of the molecule is Cc1ccc(S(=O)(=O)CCC#N)cc1[N+](=O)[O-].O. The number of hydrogen-bond donors (Lipinski definition) is 0. The van der Waals surface area contributed by atoms with Crippen molar-refractivity contribution in [3.05, 3.63) is 33.9 Å². The first-order valence-electron chi connectivity index (χ1n) is 4.73. The van der Waals surface area contributed by atoms with Gasteiger partial charge in [0.05, 0.1) is 21.6 Å². The maximum atomic E-state index is 11.7. The maximum Gasteiger partial charge on any atom is 0.273 e. The number of aryl methyl sites for hydroxylation is 1. The van der Waals surface area contributed by atoms with E-state index in [1.807, 2.05) is 0 Å². The van der Waals surface area contributed by atoms with Crippen LogP contribution in [0.15, 0.2) is 23.1 Å². The normalized spacial score (nSPS) is 10.2. The van der Waals surface area contributed by atoms with Gasteiger partial charge in [-0.2, -0.15) is 5.26 Å². The summed E-state index contributed by atoms with van der Waals surface area (Å²) in [6.45, 7) is 1.53. The Balaban J connectivity index is 0.00000289. The van der Waals surface area contributed by atoms with Gasteiger partial charge in [-0.05, 0) is 13.0 Å². The van der Waals surface area contributed by atoms with Gasteiger partial charge in [-0.3, -0.25) is 10.1 Å². The van der Waals surface area contributed by atoms with Crippen molar-refractivity contribution in [1.29, 1.82) is 5.26 Å². The van der Waals surface area contributed by atoms with E-state index in [0.29, 0.717) is 5.56 Å². The predicted molar refractivity (Wildman–Crippen MR) is 63.7 cm³/mol. The van der Waals surface area contributed by atoms with Crippen molar-refractivity contribution in [3.8, 4) is 6.07 Å². The molecule has 0 amide bonds. The average Bonchev–Trinajstić information content (AvgIpc) is 2.26. The molecular formula is C10H12N2O5S. The lowest BCUT2D eigenvalue weighted by molar-refractivity contribution is -0.385. The van der Waals surface area contributed by atoms with E-state index in [0.717, 1.165) is 6.07 Å². The fraction of sp³-hybridized carbons (Fsp3) is 0.300. The molecule has 1 aromatic rings. The third kappa shape index (κ3) is 3.51. The molecule has 0 radical (unpaired) electrons. The Morgan fingerprint density at radius 3 is 2.56 bits per heavy atom. The average molecular weight is 272 g/mol. The third-order valence-corrected chi connectivity index (χ3v) is 3.93. The van der Waals surface area contributed by atoms with Crippen LogP contribution in [0.5, 0.6) is 0 Å². The van der Waals surface area contributed by atoms with Gasteiger partial charge >= 0.3 is 0 Å². The highest BCUT2D eigenvalue weighted by Gasteiger charge is 2.19. The van der Waals surface area contributed by atoms with Crippen molar-refractivity contribution < 1.29 is 18.8 Å². The fourth-order valence-corrected chi connectivity index (χ4v) is 2.44. The molecule has 1 rings (SSSR count). The quantitative estimate of drug-likeness (QED) is 0.589. The molecule has 0 fully saturated rings. The van der Waals surface area contributed by atoms with E-state index in [1.165, 1.54) is 19.1 Å². The number of nitriles is 1. The molecule has 1 aromatic carbocycles. The second kappa shape index (κ2) is 6.09. The zero-order valence-corrected chi connectivity index (χ0v) is 10.4. The van der Waals surface area contributed by atoms with Gasteiger partial charge < -0.3 is 5.48 Å². The first-order valence-corrected chi connectivity index (χ1v) is 6.38. The van der Waals surface area contributed by atoms with Crippen molar-refractivity contribution in [1.82, 2.24) is 0 Å². The molecule has 7 nitrogen and oxygen atoms in total. The highest BCUT2D eigenvalue weighted by atomic mass is 32.2. The minimum absolute atomic E-state index is 0. The highest BCUT2D eigenvalue weighted by Crippen LogP contribution is 2.23. The smallest absolute Gasteiger partial charge is 0.273 e. The van der Waals surface area contributed by atoms with Crippen LogP contribution >= 0.6 is 0 Å². The van der Waals surface area contributed by atoms with E-state index in [4.69, 9.17) is 5.26 Å². The number of rotatable bonds is 4. The lowest BCUT2D eigenvalue weighted by atomic mass is 10.2. The van der Waals surface area contributed by atoms with Gasteiger partial charge in [0.2, 0.25) is 0 Å². The Kier molecular flexibility index (Phi) is 5.42. The monoisotopic (exact) mass is 272 g/mol. The summed E-state index contributed by atoms with van der Waals surface area (Å²) in [4.78, 5) is 9.93. The van der Waals surface area contributed by atoms with Crippen molar-refractivity contribution in [2.75, 3.05) is 5.75 Å². The minimum atomic E-state index is -3.62. The van der Waals surface area contributed by atoms with Crippen molar-refractivity contribution in [3.63, 3.8) is 0 Å². The van der Waals surface area contributed by atoms with Crippen molar-refractivity contribution in [2.24, 2.45) is 0 Å². The zero-order chi connectivity index (χ0) is 13.1. The second-order valence-corrected chi connectivity index (χ2v) is 5.54. The fourth-order valence-electron chi connectivity index (χ4n) is 1.28. The zero-order valence-electron chi connectivity index (χ0n) is 9.58. The molecule has 0 aliphatic rings. The van der Waals surface area contributed by atoms with Crippen LogP contribution in [0.2, 0.25) is 0 Å². The highest BCUT2D eigenvalue weighted by molar-refractivity contribution is 7.91. The van der Waals surface area contributed by atoms with Gasteiger partial charge in [-0.15, -0.1) is 0 Å². The van der Waals surface area contributed by atoms with Gasteiger partial charge in [0, 0.05) is 18.1 Å². The number of hydrogen-bond acceptors (Lipinski definition) is 5. The number of sulfone groups is 1. The molecule has 0 aromatic heterocycles. The van der Waals surface area contributed by atoms with Crippen LogP contribution < -0.4 is 0 Å². The van der Waals surface area contributed by atoms with Crippen LogP contribution in [0.4, 0.5) is 5.69 Å². The molecular weight excluding hydrogens is 260 g/mol. The Labute approximate surface area is 104 Å². The van der Waals surface area contributed by atoms with Crippen LogP contribution in [-0.4, -0.2) is 24.6 Å². The molecule has 0 heterocycles. The first kappa shape index (κ1) is 16.0. The largest absolute Gasteiger partial charge is 0.412 e. The topological polar surface area (TPSA) is 133 Å². The lowest BCUT2D eigenvalue weighted by Gasteiger charge is -2.03. The molecule has 18 heavy (non-hydrogen) atoms. The molecule has 0 aliphatic heterocycles. The summed E-state index contributed by atoms with van der Waals surface area (Å²) >= 11 is 0. The first-order chi connectivity index (χ1) is 7.88. The number of benzene rings is 1. The molecule has 8 heteroatoms. The van der Waals surface area contributed by atoms with Gasteiger partial charge in [-0.25, -0.2) is 8.42 Å². The Bertz CT molecular complexity index is 589. The molecule has 0 unspecified atom stereocenters. The maximum absolute atomic E-state index is 11.7. The van der Waals surface area contributed by atoms with E-state index in [1.54, 1.807) is 6.07 Å². The van der Waals surface area contributed by atoms with Gasteiger partial charge in [0.15, 0.2) is 9.84 Å². The van der Waals surface area contributed by atoms with E-state index in [-0.39, 0.29) is 28.2 Å². The predicted octanol–water partition coefficient (Wildman–Crippen LogP) is 0.766. The summed E-state index contributed by atoms with van der Waals surface area (Å²) in [5.41, 5.74) is 0.164.